The van der Waals surface area contributed by atoms with E-state index in [0.29, 0.717) is 16.6 Å². The molecule has 0 saturated heterocycles. The topological polar surface area (TPSA) is 4.93 Å². The van der Waals surface area contributed by atoms with Gasteiger partial charge in [-0.1, -0.05) is 0 Å². The standard InChI is InChI=1S/C21H14F4N.Tl/c1-10-4-6-15(13(22)8-10)26-16-7-5-11(2)19(24)17(16)18-20(25)12(3)9-14(23)21(18)26;/h4-6,8-9H,1-3H3;. The van der Waals surface area contributed by atoms with E-state index in [1.807, 2.05) is 0 Å². The fraction of sp³-hybridized carbons (Fsp3) is 0.143. The van der Waals surface area contributed by atoms with Crippen LogP contribution in [0.5, 0.6) is 0 Å². The third kappa shape index (κ3) is 2.61. The molecule has 0 unspecified atom stereocenters. The summed E-state index contributed by atoms with van der Waals surface area (Å²) in [5.41, 5.74) is 1.43. The monoisotopic (exact) mass is 561 g/mol. The Morgan fingerprint density at radius 2 is 1.33 bits per heavy atom. The molecule has 0 N–H and O–H groups in total. The van der Waals surface area contributed by atoms with E-state index in [0.717, 1.165) is 9.19 Å². The van der Waals surface area contributed by atoms with Crippen LogP contribution in [0.3, 0.4) is 0 Å². The van der Waals surface area contributed by atoms with Crippen LogP contribution in [-0.4, -0.2) is 30.3 Å². The summed E-state index contributed by atoms with van der Waals surface area (Å²) in [6.07, 6.45) is 0. The zero-order chi connectivity index (χ0) is 19.6. The van der Waals surface area contributed by atoms with E-state index in [1.165, 1.54) is 23.6 Å². The molecule has 134 valence electrons. The minimum absolute atomic E-state index is 0.0163. The van der Waals surface area contributed by atoms with Gasteiger partial charge < -0.3 is 0 Å². The molecule has 1 nitrogen and oxygen atoms in total. The van der Waals surface area contributed by atoms with Crippen molar-refractivity contribution in [3.8, 4) is 5.69 Å². The molecule has 1 heterocycles. The third-order valence-electron chi connectivity index (χ3n) is 4.86. The quantitative estimate of drug-likeness (QED) is 0.227. The minimum atomic E-state index is -0.707. The molecule has 0 spiro atoms. The molecule has 0 bridgehead atoms. The van der Waals surface area contributed by atoms with Crippen LogP contribution in [0, 0.1) is 44.0 Å². The van der Waals surface area contributed by atoms with Crippen molar-refractivity contribution in [3.05, 3.63) is 70.3 Å². The fourth-order valence-corrected chi connectivity index (χ4v) is 5.65. The molecule has 4 aromatic rings. The predicted octanol–water partition coefficient (Wildman–Crippen LogP) is 5.06. The van der Waals surface area contributed by atoms with Gasteiger partial charge in [-0.25, -0.2) is 0 Å². The van der Waals surface area contributed by atoms with Crippen molar-refractivity contribution >= 4 is 50.7 Å². The average Bonchev–Trinajstić information content (AvgIpc) is 2.95. The molecule has 0 fully saturated rings. The molecule has 0 amide bonds. The van der Waals surface area contributed by atoms with Gasteiger partial charge in [0.15, 0.2) is 0 Å². The van der Waals surface area contributed by atoms with Gasteiger partial charge in [0.2, 0.25) is 0 Å². The van der Waals surface area contributed by atoms with Crippen molar-refractivity contribution in [2.45, 2.75) is 20.8 Å². The fourth-order valence-electron chi connectivity index (χ4n) is 3.61. The van der Waals surface area contributed by atoms with Crippen LogP contribution in [0.25, 0.3) is 27.5 Å². The van der Waals surface area contributed by atoms with Gasteiger partial charge in [-0.15, -0.1) is 0 Å². The van der Waals surface area contributed by atoms with Gasteiger partial charge in [-0.05, 0) is 0 Å². The molecule has 0 aliphatic carbocycles. The number of rotatable bonds is 1. The summed E-state index contributed by atoms with van der Waals surface area (Å²) < 4.78 is 61.9. The maximum atomic E-state index is 15.1. The van der Waals surface area contributed by atoms with Crippen molar-refractivity contribution < 1.29 is 17.6 Å². The van der Waals surface area contributed by atoms with E-state index in [-0.39, 0.29) is 53.3 Å². The van der Waals surface area contributed by atoms with E-state index < -0.39 is 23.3 Å². The number of hydrogen-bond donors (Lipinski definition) is 0. The van der Waals surface area contributed by atoms with Crippen molar-refractivity contribution in [2.24, 2.45) is 0 Å². The van der Waals surface area contributed by atoms with Crippen LogP contribution >= 0.6 is 0 Å². The summed E-state index contributed by atoms with van der Waals surface area (Å²) in [7, 11) is 0. The summed E-state index contributed by atoms with van der Waals surface area (Å²) in [4.78, 5) is 0. The second kappa shape index (κ2) is 6.32. The molecular formula is C21H14F4NTl. The van der Waals surface area contributed by atoms with E-state index in [2.05, 4.69) is 0 Å². The van der Waals surface area contributed by atoms with Crippen molar-refractivity contribution in [2.75, 3.05) is 0 Å². The van der Waals surface area contributed by atoms with Gasteiger partial charge in [0, 0.05) is 0 Å². The number of hydrogen-bond acceptors (Lipinski definition) is 0. The molecule has 0 atom stereocenters. The summed E-state index contributed by atoms with van der Waals surface area (Å²) in [5.74, 6) is -2.56. The van der Waals surface area contributed by atoms with E-state index in [4.69, 9.17) is 0 Å². The van der Waals surface area contributed by atoms with Crippen molar-refractivity contribution in [3.63, 3.8) is 0 Å². The van der Waals surface area contributed by atoms with Crippen LogP contribution in [0.15, 0.2) is 30.3 Å². The van der Waals surface area contributed by atoms with Gasteiger partial charge in [0.25, 0.3) is 0 Å². The maximum absolute atomic E-state index is 15.1. The molecule has 27 heavy (non-hydrogen) atoms. The van der Waals surface area contributed by atoms with Crippen LogP contribution in [0.2, 0.25) is 0 Å². The normalized spacial score (nSPS) is 11.6. The van der Waals surface area contributed by atoms with Crippen LogP contribution < -0.4 is 3.12 Å². The van der Waals surface area contributed by atoms with Crippen molar-refractivity contribution in [1.82, 2.24) is 4.57 Å². The van der Waals surface area contributed by atoms with Gasteiger partial charge in [-0.3, -0.25) is 0 Å². The first-order valence-electron chi connectivity index (χ1n) is 8.36. The Kier molecular flexibility index (Phi) is 4.32. The third-order valence-corrected chi connectivity index (χ3v) is 6.57. The van der Waals surface area contributed by atoms with Crippen LogP contribution in [0.1, 0.15) is 16.7 Å². The number of benzene rings is 3. The van der Waals surface area contributed by atoms with Crippen LogP contribution in [-0.2, 0) is 0 Å². The number of nitrogens with zero attached hydrogens (tertiary/aromatic N) is 1. The number of aryl methyl sites for hydroxylation is 3. The summed E-state index contributed by atoms with van der Waals surface area (Å²) in [6.45, 7) is 4.77. The molecule has 0 aliphatic rings. The number of aromatic nitrogens is 1. The Morgan fingerprint density at radius 1 is 0.741 bits per heavy atom. The molecule has 0 radical (unpaired) electrons. The van der Waals surface area contributed by atoms with Gasteiger partial charge in [-0.2, -0.15) is 0 Å². The Labute approximate surface area is 169 Å². The summed E-state index contributed by atoms with van der Waals surface area (Å²) in [5, 5.41) is -0.117. The molecule has 3 aromatic carbocycles. The van der Waals surface area contributed by atoms with E-state index in [1.54, 1.807) is 26.0 Å². The zero-order valence-electron chi connectivity index (χ0n) is 14.9. The van der Waals surface area contributed by atoms with Crippen LogP contribution in [0.4, 0.5) is 17.6 Å². The molecular weight excluding hydrogens is 547 g/mol. The van der Waals surface area contributed by atoms with E-state index >= 15 is 8.78 Å². The van der Waals surface area contributed by atoms with E-state index in [9.17, 15) is 8.78 Å². The summed E-state index contributed by atoms with van der Waals surface area (Å²) >= 11 is 0.264. The Hall–Kier alpha value is -1.90. The molecule has 0 aliphatic heterocycles. The first-order chi connectivity index (χ1) is 12.7. The average molecular weight is 561 g/mol. The molecule has 0 saturated carbocycles. The Bertz CT molecular complexity index is 1190. The van der Waals surface area contributed by atoms with Gasteiger partial charge in [0.1, 0.15) is 0 Å². The molecule has 1 aromatic heterocycles. The van der Waals surface area contributed by atoms with Gasteiger partial charge in [0.05, 0.1) is 0 Å². The predicted molar refractivity (Wildman–Crippen MR) is 100 cm³/mol. The summed E-state index contributed by atoms with van der Waals surface area (Å²) in [6, 6.07) is 7.28. The Balaban J connectivity index is 2.38. The second-order valence-corrected chi connectivity index (χ2v) is 9.24. The molecule has 4 rings (SSSR count). The first kappa shape index (κ1) is 18.5. The first-order valence-corrected chi connectivity index (χ1v) is 10.6. The number of fused-ring (bicyclic) bond motifs is 3. The second-order valence-electron chi connectivity index (χ2n) is 6.82. The number of halogens is 4. The van der Waals surface area contributed by atoms with Crippen molar-refractivity contribution in [1.29, 1.82) is 0 Å². The van der Waals surface area contributed by atoms with Gasteiger partial charge >= 0.3 is 170 Å². The Morgan fingerprint density at radius 3 is 1.96 bits per heavy atom. The SMILES string of the molecule is Cc1ccc(-n2c3c(F)cc(C)c(F)c3c3c(F)c(C)c[c]([Tl])c32)c(F)c1. The molecule has 6 heteroatoms. The zero-order valence-corrected chi connectivity index (χ0v) is 19.4.